The molecule has 0 aromatic heterocycles. The standard InChI is InChI=1S/C10H17F2NO/c1-7-2-10(7,13)9(14)3-8(4-9,5-11)6-12/h7,14H,2-6,13H2,1H3. The number of aliphatic hydroxyl groups is 1. The first-order valence-corrected chi connectivity index (χ1v) is 5.05. The highest BCUT2D eigenvalue weighted by atomic mass is 19.1. The average Bonchev–Trinajstić information content (AvgIpc) is 2.71. The van der Waals surface area contributed by atoms with Crippen molar-refractivity contribution in [3.8, 4) is 0 Å². The van der Waals surface area contributed by atoms with Gasteiger partial charge in [0.1, 0.15) is 0 Å². The van der Waals surface area contributed by atoms with Gasteiger partial charge in [0.25, 0.3) is 0 Å². The molecule has 2 aliphatic rings. The van der Waals surface area contributed by atoms with E-state index in [4.69, 9.17) is 5.73 Å². The van der Waals surface area contributed by atoms with Crippen molar-refractivity contribution in [2.75, 3.05) is 13.3 Å². The molecule has 0 heterocycles. The van der Waals surface area contributed by atoms with E-state index in [0.29, 0.717) is 0 Å². The second kappa shape index (κ2) is 2.67. The molecule has 3 N–H and O–H groups in total. The van der Waals surface area contributed by atoms with Crippen molar-refractivity contribution >= 4 is 0 Å². The van der Waals surface area contributed by atoms with Crippen LogP contribution in [0.15, 0.2) is 0 Å². The molecule has 2 nitrogen and oxygen atoms in total. The van der Waals surface area contributed by atoms with E-state index in [1.807, 2.05) is 6.92 Å². The van der Waals surface area contributed by atoms with E-state index < -0.39 is 29.9 Å². The number of nitrogens with two attached hydrogens (primary N) is 1. The van der Waals surface area contributed by atoms with Crippen LogP contribution in [-0.4, -0.2) is 29.6 Å². The van der Waals surface area contributed by atoms with Crippen LogP contribution in [0.4, 0.5) is 8.78 Å². The average molecular weight is 205 g/mol. The summed E-state index contributed by atoms with van der Waals surface area (Å²) in [5.41, 5.74) is 3.42. The van der Waals surface area contributed by atoms with Gasteiger partial charge in [-0.05, 0) is 25.2 Å². The van der Waals surface area contributed by atoms with Crippen LogP contribution in [0.1, 0.15) is 26.2 Å². The summed E-state index contributed by atoms with van der Waals surface area (Å²) in [6, 6.07) is 0. The van der Waals surface area contributed by atoms with E-state index in [0.717, 1.165) is 6.42 Å². The molecule has 2 saturated carbocycles. The number of rotatable bonds is 3. The van der Waals surface area contributed by atoms with E-state index in [1.165, 1.54) is 0 Å². The topological polar surface area (TPSA) is 46.2 Å². The number of hydrogen-bond acceptors (Lipinski definition) is 2. The molecule has 0 aromatic rings. The minimum Gasteiger partial charge on any atom is -0.388 e. The highest BCUT2D eigenvalue weighted by molar-refractivity contribution is 5.25. The monoisotopic (exact) mass is 205 g/mol. The van der Waals surface area contributed by atoms with E-state index >= 15 is 0 Å². The molecule has 14 heavy (non-hydrogen) atoms. The summed E-state index contributed by atoms with van der Waals surface area (Å²) >= 11 is 0. The first-order chi connectivity index (χ1) is 6.41. The lowest BCUT2D eigenvalue weighted by molar-refractivity contribution is -0.166. The Hall–Kier alpha value is -0.220. The van der Waals surface area contributed by atoms with E-state index in [1.54, 1.807) is 0 Å². The maximum atomic E-state index is 12.6. The zero-order chi connectivity index (χ0) is 10.6. The Morgan fingerprint density at radius 2 is 1.79 bits per heavy atom. The fraction of sp³-hybridized carbons (Fsp3) is 1.00. The smallest absolute Gasteiger partial charge is 0.0977 e. The normalized spacial score (nSPS) is 43.1. The summed E-state index contributed by atoms with van der Waals surface area (Å²) in [6.07, 6.45) is 1.11. The Kier molecular flexibility index (Phi) is 1.96. The van der Waals surface area contributed by atoms with Gasteiger partial charge in [0.05, 0.1) is 19.0 Å². The third kappa shape index (κ3) is 1.07. The minimum absolute atomic E-state index is 0.174. The molecule has 2 unspecified atom stereocenters. The van der Waals surface area contributed by atoms with Gasteiger partial charge in [-0.25, -0.2) is 0 Å². The molecule has 2 atom stereocenters. The summed E-state index contributed by atoms with van der Waals surface area (Å²) in [7, 11) is 0. The van der Waals surface area contributed by atoms with Crippen LogP contribution in [0.5, 0.6) is 0 Å². The van der Waals surface area contributed by atoms with Gasteiger partial charge in [0.2, 0.25) is 0 Å². The molecule has 0 aromatic carbocycles. The van der Waals surface area contributed by atoms with Gasteiger partial charge in [-0.3, -0.25) is 8.78 Å². The van der Waals surface area contributed by atoms with Crippen LogP contribution >= 0.6 is 0 Å². The van der Waals surface area contributed by atoms with Gasteiger partial charge in [0, 0.05) is 11.0 Å². The molecule has 4 heteroatoms. The predicted octanol–water partition coefficient (Wildman–Crippen LogP) is 1.17. The zero-order valence-electron chi connectivity index (χ0n) is 8.39. The highest BCUT2D eigenvalue weighted by Crippen LogP contribution is 2.62. The quantitative estimate of drug-likeness (QED) is 0.726. The Bertz CT molecular complexity index is 247. The maximum Gasteiger partial charge on any atom is 0.0977 e. The summed E-state index contributed by atoms with van der Waals surface area (Å²) < 4.78 is 25.1. The number of hydrogen-bond donors (Lipinski definition) is 2. The Morgan fingerprint density at radius 1 is 1.36 bits per heavy atom. The third-order valence-electron chi connectivity index (χ3n) is 4.13. The predicted molar refractivity (Wildman–Crippen MR) is 49.3 cm³/mol. The van der Waals surface area contributed by atoms with Crippen molar-refractivity contribution in [3.05, 3.63) is 0 Å². The first kappa shape index (κ1) is 10.3. The van der Waals surface area contributed by atoms with Crippen molar-refractivity contribution < 1.29 is 13.9 Å². The molecule has 0 amide bonds. The molecular formula is C10H17F2NO. The highest BCUT2D eigenvalue weighted by Gasteiger charge is 2.70. The molecular weight excluding hydrogens is 188 g/mol. The van der Waals surface area contributed by atoms with Crippen LogP contribution in [0.25, 0.3) is 0 Å². The molecule has 82 valence electrons. The molecule has 2 fully saturated rings. The van der Waals surface area contributed by atoms with Crippen LogP contribution in [0.3, 0.4) is 0 Å². The van der Waals surface area contributed by atoms with Crippen LogP contribution in [0.2, 0.25) is 0 Å². The Morgan fingerprint density at radius 3 is 2.07 bits per heavy atom. The van der Waals surface area contributed by atoms with Crippen LogP contribution < -0.4 is 5.73 Å². The summed E-state index contributed by atoms with van der Waals surface area (Å²) in [6.45, 7) is 0.565. The van der Waals surface area contributed by atoms with E-state index in [2.05, 4.69) is 0 Å². The van der Waals surface area contributed by atoms with Crippen molar-refractivity contribution in [2.24, 2.45) is 17.1 Å². The Balaban J connectivity index is 2.04. The van der Waals surface area contributed by atoms with Crippen molar-refractivity contribution in [1.82, 2.24) is 0 Å². The molecule has 0 spiro atoms. The van der Waals surface area contributed by atoms with E-state index in [-0.39, 0.29) is 18.8 Å². The van der Waals surface area contributed by atoms with Gasteiger partial charge < -0.3 is 10.8 Å². The molecule has 0 radical (unpaired) electrons. The van der Waals surface area contributed by atoms with Gasteiger partial charge in [-0.15, -0.1) is 0 Å². The molecule has 0 aliphatic heterocycles. The minimum atomic E-state index is -1.02. The molecule has 2 aliphatic carbocycles. The van der Waals surface area contributed by atoms with Crippen molar-refractivity contribution in [3.63, 3.8) is 0 Å². The van der Waals surface area contributed by atoms with Crippen molar-refractivity contribution in [1.29, 1.82) is 0 Å². The molecule has 0 bridgehead atoms. The molecule has 2 rings (SSSR count). The second-order valence-corrected chi connectivity index (χ2v) is 5.30. The maximum absolute atomic E-state index is 12.6. The lowest BCUT2D eigenvalue weighted by Gasteiger charge is -2.54. The summed E-state index contributed by atoms with van der Waals surface area (Å²) in [5, 5.41) is 10.1. The fourth-order valence-electron chi connectivity index (χ4n) is 2.84. The fourth-order valence-corrected chi connectivity index (χ4v) is 2.84. The van der Waals surface area contributed by atoms with Gasteiger partial charge >= 0.3 is 0 Å². The second-order valence-electron chi connectivity index (χ2n) is 5.30. The summed E-state index contributed by atoms with van der Waals surface area (Å²) in [5.74, 6) is 0.268. The van der Waals surface area contributed by atoms with Gasteiger partial charge in [0.15, 0.2) is 0 Å². The zero-order valence-corrected chi connectivity index (χ0v) is 8.39. The largest absolute Gasteiger partial charge is 0.388 e. The SMILES string of the molecule is CC1CC1(N)C1(O)CC(CF)(CF)C1. The number of halogens is 2. The van der Waals surface area contributed by atoms with Gasteiger partial charge in [-0.1, -0.05) is 6.92 Å². The Labute approximate surface area is 82.5 Å². The van der Waals surface area contributed by atoms with Crippen molar-refractivity contribution in [2.45, 2.75) is 37.3 Å². The lowest BCUT2D eigenvalue weighted by atomic mass is 9.56. The van der Waals surface area contributed by atoms with Crippen LogP contribution in [-0.2, 0) is 0 Å². The lowest BCUT2D eigenvalue weighted by Crippen LogP contribution is -2.65. The first-order valence-electron chi connectivity index (χ1n) is 5.05. The van der Waals surface area contributed by atoms with Gasteiger partial charge in [-0.2, -0.15) is 0 Å². The van der Waals surface area contributed by atoms with E-state index in [9.17, 15) is 13.9 Å². The molecule has 0 saturated heterocycles. The summed E-state index contributed by atoms with van der Waals surface area (Å²) in [4.78, 5) is 0. The third-order valence-corrected chi connectivity index (χ3v) is 4.13. The van der Waals surface area contributed by atoms with Crippen LogP contribution in [0, 0.1) is 11.3 Å². The number of alkyl halides is 2.